The zero-order valence-corrected chi connectivity index (χ0v) is 23.4. The predicted octanol–water partition coefficient (Wildman–Crippen LogP) is 5.23. The van der Waals surface area contributed by atoms with Gasteiger partial charge in [-0.15, -0.1) is 0 Å². The lowest BCUT2D eigenvalue weighted by Gasteiger charge is -2.37. The van der Waals surface area contributed by atoms with E-state index in [-0.39, 0.29) is 10.7 Å². The van der Waals surface area contributed by atoms with Gasteiger partial charge in [0.05, 0.1) is 10.4 Å². The molecule has 204 valence electrons. The first-order chi connectivity index (χ1) is 18.3. The Kier molecular flexibility index (Phi) is 7.08. The molecule has 8 heteroatoms. The largest absolute Gasteiger partial charge is 0.327 e. The number of aromatic nitrogens is 2. The van der Waals surface area contributed by atoms with Crippen molar-refractivity contribution in [2.45, 2.75) is 61.8 Å². The summed E-state index contributed by atoms with van der Waals surface area (Å²) in [5, 5.41) is 0. The van der Waals surface area contributed by atoms with E-state index in [1.54, 1.807) is 30.3 Å². The van der Waals surface area contributed by atoms with Gasteiger partial charge in [-0.3, -0.25) is 0 Å². The zero-order valence-electron chi connectivity index (χ0n) is 22.6. The molecule has 1 aromatic heterocycles. The Balaban J connectivity index is 1.15. The van der Waals surface area contributed by atoms with Crippen molar-refractivity contribution >= 4 is 20.9 Å². The van der Waals surface area contributed by atoms with Crippen molar-refractivity contribution in [2.24, 2.45) is 13.0 Å². The van der Waals surface area contributed by atoms with Crippen molar-refractivity contribution in [3.05, 3.63) is 47.8 Å². The number of hydrogen-bond donors (Lipinski definition) is 0. The highest BCUT2D eigenvalue weighted by atomic mass is 32.2. The number of benzene rings is 2. The van der Waals surface area contributed by atoms with Gasteiger partial charge in [-0.05, 0) is 125 Å². The number of halogens is 1. The summed E-state index contributed by atoms with van der Waals surface area (Å²) in [4.78, 5) is 10.3. The average molecular weight is 539 g/mol. The van der Waals surface area contributed by atoms with Crippen molar-refractivity contribution in [3.63, 3.8) is 0 Å². The van der Waals surface area contributed by atoms with Crippen LogP contribution in [0.1, 0.15) is 56.4 Å². The molecule has 0 radical (unpaired) electrons. The highest BCUT2D eigenvalue weighted by Crippen LogP contribution is 2.35. The molecule has 0 spiro atoms. The SMILES string of the molecule is Cn1c(-c2ccc(S(C)(=O)=O)cc2)nc2c(F)cc(C3CCN(C4CCCN(CC5CC5)CC4)CC3)cc21. The first-order valence-electron chi connectivity index (χ1n) is 14.2. The molecule has 6 rings (SSSR count). The number of piperidine rings is 1. The molecule has 1 atom stereocenters. The Morgan fingerprint density at radius 3 is 2.37 bits per heavy atom. The number of rotatable bonds is 6. The molecule has 3 aliphatic rings. The molecule has 38 heavy (non-hydrogen) atoms. The second kappa shape index (κ2) is 10.4. The summed E-state index contributed by atoms with van der Waals surface area (Å²) in [5.74, 6) is 1.68. The van der Waals surface area contributed by atoms with E-state index in [4.69, 9.17) is 0 Å². The number of nitrogens with zero attached hydrogens (tertiary/aromatic N) is 4. The van der Waals surface area contributed by atoms with Crippen LogP contribution >= 0.6 is 0 Å². The van der Waals surface area contributed by atoms with Crippen LogP contribution in [0.3, 0.4) is 0 Å². The van der Waals surface area contributed by atoms with Gasteiger partial charge >= 0.3 is 0 Å². The van der Waals surface area contributed by atoms with Gasteiger partial charge in [0.1, 0.15) is 11.3 Å². The standard InChI is InChI=1S/C30H39FN4O2S/c1-33-28-19-24(18-27(31)29(28)32-30(33)23-7-9-26(10-8-23)38(2,36)37)22-11-16-35(17-12-22)25-4-3-14-34(15-13-25)20-21-5-6-21/h7-10,18-19,21-22,25H,3-6,11-17,20H2,1-2H3. The van der Waals surface area contributed by atoms with Crippen molar-refractivity contribution in [2.75, 3.05) is 39.0 Å². The Morgan fingerprint density at radius 2 is 1.68 bits per heavy atom. The molecule has 3 heterocycles. The van der Waals surface area contributed by atoms with Crippen LogP contribution in [-0.4, -0.2) is 72.8 Å². The molecule has 0 amide bonds. The van der Waals surface area contributed by atoms with Crippen LogP contribution in [0.25, 0.3) is 22.4 Å². The van der Waals surface area contributed by atoms with E-state index in [0.717, 1.165) is 48.5 Å². The normalized spacial score (nSPS) is 22.7. The number of likely N-dealkylation sites (tertiary alicyclic amines) is 2. The Hall–Kier alpha value is -2.29. The highest BCUT2D eigenvalue weighted by molar-refractivity contribution is 7.90. The van der Waals surface area contributed by atoms with E-state index < -0.39 is 9.84 Å². The highest BCUT2D eigenvalue weighted by Gasteiger charge is 2.30. The van der Waals surface area contributed by atoms with Gasteiger partial charge in [0.2, 0.25) is 0 Å². The second-order valence-electron chi connectivity index (χ2n) is 11.8. The average Bonchev–Trinajstić information content (AvgIpc) is 3.70. The monoisotopic (exact) mass is 538 g/mol. The van der Waals surface area contributed by atoms with E-state index in [0.29, 0.717) is 23.3 Å². The minimum Gasteiger partial charge on any atom is -0.327 e. The fourth-order valence-electron chi connectivity index (χ4n) is 6.56. The lowest BCUT2D eigenvalue weighted by molar-refractivity contribution is 0.138. The number of hydrogen-bond acceptors (Lipinski definition) is 5. The van der Waals surface area contributed by atoms with Crippen molar-refractivity contribution < 1.29 is 12.8 Å². The molecule has 6 nitrogen and oxygen atoms in total. The molecule has 1 saturated carbocycles. The second-order valence-corrected chi connectivity index (χ2v) is 13.8. The quantitative estimate of drug-likeness (QED) is 0.430. The van der Waals surface area contributed by atoms with E-state index in [1.165, 1.54) is 58.0 Å². The third-order valence-electron chi connectivity index (χ3n) is 9.02. The number of aryl methyl sites for hydroxylation is 1. The lowest BCUT2D eigenvalue weighted by atomic mass is 9.88. The van der Waals surface area contributed by atoms with Crippen LogP contribution in [0.15, 0.2) is 41.3 Å². The first-order valence-corrected chi connectivity index (χ1v) is 16.1. The molecule has 2 aliphatic heterocycles. The predicted molar refractivity (Wildman–Crippen MR) is 150 cm³/mol. The van der Waals surface area contributed by atoms with Gasteiger partial charge in [0.15, 0.2) is 15.7 Å². The summed E-state index contributed by atoms with van der Waals surface area (Å²) in [7, 11) is -1.37. The fourth-order valence-corrected chi connectivity index (χ4v) is 7.19. The third kappa shape index (κ3) is 5.40. The number of imidazole rings is 1. The Labute approximate surface area is 225 Å². The topological polar surface area (TPSA) is 58.4 Å². The van der Waals surface area contributed by atoms with E-state index in [9.17, 15) is 8.42 Å². The number of fused-ring (bicyclic) bond motifs is 1. The minimum atomic E-state index is -3.27. The van der Waals surface area contributed by atoms with Crippen LogP contribution in [0, 0.1) is 11.7 Å². The molecular formula is C30H39FN4O2S. The maximum Gasteiger partial charge on any atom is 0.175 e. The van der Waals surface area contributed by atoms with Crippen molar-refractivity contribution in [1.82, 2.24) is 19.4 Å². The van der Waals surface area contributed by atoms with Gasteiger partial charge in [-0.1, -0.05) is 0 Å². The fraction of sp³-hybridized carbons (Fsp3) is 0.567. The van der Waals surface area contributed by atoms with Crippen LogP contribution < -0.4 is 0 Å². The van der Waals surface area contributed by atoms with E-state index in [1.807, 2.05) is 11.6 Å². The summed E-state index contributed by atoms with van der Waals surface area (Å²) in [5.41, 5.74) is 2.98. The van der Waals surface area contributed by atoms with Gasteiger partial charge in [0, 0.05) is 31.5 Å². The third-order valence-corrected chi connectivity index (χ3v) is 10.2. The summed E-state index contributed by atoms with van der Waals surface area (Å²) in [6, 6.07) is 11.1. The summed E-state index contributed by atoms with van der Waals surface area (Å²) in [6.45, 7) is 5.98. The van der Waals surface area contributed by atoms with Gasteiger partial charge < -0.3 is 14.4 Å². The van der Waals surface area contributed by atoms with Crippen LogP contribution in [-0.2, 0) is 16.9 Å². The van der Waals surface area contributed by atoms with Crippen LogP contribution in [0.5, 0.6) is 0 Å². The maximum atomic E-state index is 15.3. The van der Waals surface area contributed by atoms with Crippen molar-refractivity contribution in [3.8, 4) is 11.4 Å². The smallest absolute Gasteiger partial charge is 0.175 e. The molecule has 2 saturated heterocycles. The zero-order chi connectivity index (χ0) is 26.4. The first kappa shape index (κ1) is 26.0. The molecule has 0 N–H and O–H groups in total. The molecule has 0 bridgehead atoms. The molecule has 3 aromatic rings. The Bertz CT molecular complexity index is 1410. The van der Waals surface area contributed by atoms with Gasteiger partial charge in [-0.2, -0.15) is 0 Å². The summed E-state index contributed by atoms with van der Waals surface area (Å²) < 4.78 is 40.9. The van der Waals surface area contributed by atoms with Crippen molar-refractivity contribution in [1.29, 1.82) is 0 Å². The lowest BCUT2D eigenvalue weighted by Crippen LogP contribution is -2.41. The van der Waals surface area contributed by atoms with Gasteiger partial charge in [0.25, 0.3) is 0 Å². The number of sulfone groups is 1. The van der Waals surface area contributed by atoms with E-state index in [2.05, 4.69) is 20.9 Å². The van der Waals surface area contributed by atoms with Crippen LogP contribution in [0.2, 0.25) is 0 Å². The molecule has 2 aromatic carbocycles. The molecule has 1 aliphatic carbocycles. The minimum absolute atomic E-state index is 0.263. The molecule has 3 fully saturated rings. The molecular weight excluding hydrogens is 499 g/mol. The van der Waals surface area contributed by atoms with Gasteiger partial charge in [-0.25, -0.2) is 17.8 Å². The summed E-state index contributed by atoms with van der Waals surface area (Å²) in [6.07, 6.45) is 10.1. The summed E-state index contributed by atoms with van der Waals surface area (Å²) >= 11 is 0. The Morgan fingerprint density at radius 1 is 0.947 bits per heavy atom. The maximum absolute atomic E-state index is 15.3. The molecule has 1 unspecified atom stereocenters. The van der Waals surface area contributed by atoms with E-state index >= 15 is 4.39 Å². The van der Waals surface area contributed by atoms with Crippen LogP contribution in [0.4, 0.5) is 4.39 Å².